The number of hydrogen-bond donors (Lipinski definition) is 2. The normalized spacial score (nSPS) is 12.3. The third-order valence-corrected chi connectivity index (χ3v) is 5.24. The van der Waals surface area contributed by atoms with Gasteiger partial charge in [-0.15, -0.1) is 11.3 Å². The number of para-hydroxylation sites is 1. The van der Waals surface area contributed by atoms with Gasteiger partial charge in [0.15, 0.2) is 0 Å². The average Bonchev–Trinajstić information content (AvgIpc) is 3.41. The van der Waals surface area contributed by atoms with Crippen LogP contribution in [0.25, 0.3) is 10.9 Å². The van der Waals surface area contributed by atoms with Crippen LogP contribution in [0.5, 0.6) is 0 Å². The first kappa shape index (κ1) is 16.5. The maximum Gasteiger partial charge on any atom is 0.272 e. The number of benzene rings is 1. The van der Waals surface area contributed by atoms with Crippen LogP contribution in [0.1, 0.15) is 40.6 Å². The number of aromatic amines is 1. The molecule has 0 bridgehead atoms. The van der Waals surface area contributed by atoms with E-state index >= 15 is 0 Å². The number of fused-ring (bicyclic) bond motifs is 1. The molecule has 2 N–H and O–H groups in total. The third-order valence-electron chi connectivity index (χ3n) is 4.35. The van der Waals surface area contributed by atoms with Gasteiger partial charge in [0.1, 0.15) is 10.7 Å². The Labute approximate surface area is 154 Å². The maximum atomic E-state index is 12.5. The fraction of sp³-hybridized carbons (Fsp3) is 0.211. The van der Waals surface area contributed by atoms with Crippen LogP contribution in [-0.2, 0) is 6.54 Å². The third kappa shape index (κ3) is 3.25. The highest BCUT2D eigenvalue weighted by Crippen LogP contribution is 2.20. The molecule has 0 saturated heterocycles. The summed E-state index contributed by atoms with van der Waals surface area (Å²) < 4.78 is 2.13. The number of thiazole rings is 1. The molecule has 7 heteroatoms. The molecule has 0 aliphatic rings. The predicted molar refractivity (Wildman–Crippen MR) is 102 cm³/mol. The fourth-order valence-electron chi connectivity index (χ4n) is 3.00. The maximum absolute atomic E-state index is 12.5. The number of nitrogens with zero attached hydrogens (tertiary/aromatic N) is 3. The van der Waals surface area contributed by atoms with Crippen molar-refractivity contribution in [2.24, 2.45) is 0 Å². The van der Waals surface area contributed by atoms with Crippen LogP contribution in [-0.4, -0.2) is 25.7 Å². The van der Waals surface area contributed by atoms with Crippen molar-refractivity contribution in [2.45, 2.75) is 25.9 Å². The van der Waals surface area contributed by atoms with Crippen LogP contribution in [0, 0.1) is 0 Å². The Morgan fingerprint density at radius 3 is 3.04 bits per heavy atom. The van der Waals surface area contributed by atoms with Crippen LogP contribution in [0.4, 0.5) is 0 Å². The molecule has 3 heterocycles. The molecule has 6 nitrogen and oxygen atoms in total. The lowest BCUT2D eigenvalue weighted by Gasteiger charge is -2.13. The van der Waals surface area contributed by atoms with Crippen molar-refractivity contribution in [3.8, 4) is 0 Å². The van der Waals surface area contributed by atoms with Gasteiger partial charge in [0, 0.05) is 23.3 Å². The Balaban J connectivity index is 1.48. The number of carbonyl (C=O) groups is 1. The zero-order valence-electron chi connectivity index (χ0n) is 14.3. The van der Waals surface area contributed by atoms with Crippen molar-refractivity contribution in [3.63, 3.8) is 0 Å². The predicted octanol–water partition coefficient (Wildman–Crippen LogP) is 3.75. The summed E-state index contributed by atoms with van der Waals surface area (Å²) in [6, 6.07) is 12.0. The summed E-state index contributed by atoms with van der Waals surface area (Å²) in [6.45, 7) is 2.66. The number of nitrogens with one attached hydrogen (secondary N) is 2. The lowest BCUT2D eigenvalue weighted by Crippen LogP contribution is -2.28. The minimum absolute atomic E-state index is 0.0870. The summed E-state index contributed by atoms with van der Waals surface area (Å²) in [5, 5.41) is 14.2. The number of aromatic nitrogens is 4. The molecule has 0 fully saturated rings. The molecule has 26 heavy (non-hydrogen) atoms. The molecule has 4 aromatic rings. The number of H-pyrrole nitrogens is 1. The quantitative estimate of drug-likeness (QED) is 0.546. The smallest absolute Gasteiger partial charge is 0.272 e. The van der Waals surface area contributed by atoms with Gasteiger partial charge in [0.25, 0.3) is 5.91 Å². The van der Waals surface area contributed by atoms with E-state index in [0.29, 0.717) is 12.2 Å². The first-order valence-corrected chi connectivity index (χ1v) is 9.41. The zero-order valence-corrected chi connectivity index (χ0v) is 15.2. The molecular weight excluding hydrogens is 346 g/mol. The highest BCUT2D eigenvalue weighted by Gasteiger charge is 2.18. The molecule has 0 aliphatic carbocycles. The Morgan fingerprint density at radius 1 is 1.35 bits per heavy atom. The molecule has 1 atom stereocenters. The lowest BCUT2D eigenvalue weighted by atomic mass is 10.2. The van der Waals surface area contributed by atoms with Gasteiger partial charge in [-0.1, -0.05) is 25.1 Å². The largest absolute Gasteiger partial charge is 0.341 e. The van der Waals surface area contributed by atoms with Crippen LogP contribution < -0.4 is 5.32 Å². The molecule has 0 radical (unpaired) electrons. The highest BCUT2D eigenvalue weighted by molar-refractivity contribution is 7.09. The number of rotatable bonds is 6. The van der Waals surface area contributed by atoms with E-state index in [4.69, 9.17) is 0 Å². The second-order valence-electron chi connectivity index (χ2n) is 6.09. The molecule has 0 saturated carbocycles. The first-order chi connectivity index (χ1) is 12.7. The molecule has 0 spiro atoms. The van der Waals surface area contributed by atoms with Crippen molar-refractivity contribution in [1.82, 2.24) is 25.1 Å². The number of carbonyl (C=O) groups excluding carboxylic acids is 1. The van der Waals surface area contributed by atoms with Crippen molar-refractivity contribution in [2.75, 3.05) is 0 Å². The second-order valence-corrected chi connectivity index (χ2v) is 7.01. The molecule has 1 amide bonds. The van der Waals surface area contributed by atoms with E-state index in [-0.39, 0.29) is 11.9 Å². The molecule has 132 valence electrons. The van der Waals surface area contributed by atoms with E-state index in [2.05, 4.69) is 43.3 Å². The van der Waals surface area contributed by atoms with E-state index in [1.54, 1.807) is 23.6 Å². The van der Waals surface area contributed by atoms with Gasteiger partial charge in [-0.05, 0) is 30.0 Å². The topological polar surface area (TPSA) is 75.6 Å². The van der Waals surface area contributed by atoms with Gasteiger partial charge in [0.2, 0.25) is 0 Å². The van der Waals surface area contributed by atoms with Gasteiger partial charge in [-0.3, -0.25) is 9.89 Å². The van der Waals surface area contributed by atoms with Crippen LogP contribution in [0.15, 0.2) is 54.2 Å². The van der Waals surface area contributed by atoms with E-state index in [1.807, 2.05) is 30.6 Å². The van der Waals surface area contributed by atoms with Crippen LogP contribution in [0.3, 0.4) is 0 Å². The molecule has 3 aromatic heterocycles. The summed E-state index contributed by atoms with van der Waals surface area (Å²) in [5.74, 6) is -0.188. The molecular formula is C19H19N5OS. The Kier molecular flexibility index (Phi) is 4.53. The van der Waals surface area contributed by atoms with E-state index < -0.39 is 0 Å². The molecule has 0 aliphatic heterocycles. The standard InChI is InChI=1S/C19H19N5OS/c1-2-15(19-20-8-10-26-19)21-18(25)16-11-14(22-23-16)12-24-9-7-13-5-3-4-6-17(13)24/h3-11,15H,2,12H2,1H3,(H,21,25)(H,22,23). The molecule has 1 aromatic carbocycles. The zero-order chi connectivity index (χ0) is 17.9. The van der Waals surface area contributed by atoms with Crippen molar-refractivity contribution >= 4 is 28.1 Å². The summed E-state index contributed by atoms with van der Waals surface area (Å²) in [4.78, 5) is 16.8. The average molecular weight is 365 g/mol. The lowest BCUT2D eigenvalue weighted by molar-refractivity contribution is 0.0930. The highest BCUT2D eigenvalue weighted by atomic mass is 32.1. The minimum Gasteiger partial charge on any atom is -0.341 e. The summed E-state index contributed by atoms with van der Waals surface area (Å²) in [5.41, 5.74) is 2.44. The van der Waals surface area contributed by atoms with Gasteiger partial charge in [-0.25, -0.2) is 4.98 Å². The SMILES string of the molecule is CCC(NC(=O)c1cc(Cn2ccc3ccccc32)[nH]n1)c1nccs1. The number of amides is 1. The van der Waals surface area contributed by atoms with Crippen molar-refractivity contribution in [1.29, 1.82) is 0 Å². The van der Waals surface area contributed by atoms with Gasteiger partial charge in [-0.2, -0.15) is 5.10 Å². The Bertz CT molecular complexity index is 1020. The van der Waals surface area contributed by atoms with Crippen molar-refractivity contribution in [3.05, 3.63) is 70.6 Å². The summed E-state index contributed by atoms with van der Waals surface area (Å²) >= 11 is 1.54. The summed E-state index contributed by atoms with van der Waals surface area (Å²) in [6.07, 6.45) is 4.58. The monoisotopic (exact) mass is 365 g/mol. The van der Waals surface area contributed by atoms with Gasteiger partial charge >= 0.3 is 0 Å². The van der Waals surface area contributed by atoms with Crippen LogP contribution in [0.2, 0.25) is 0 Å². The van der Waals surface area contributed by atoms with Crippen LogP contribution >= 0.6 is 11.3 Å². The first-order valence-electron chi connectivity index (χ1n) is 8.53. The Hall–Kier alpha value is -2.93. The minimum atomic E-state index is -0.188. The van der Waals surface area contributed by atoms with Crippen molar-refractivity contribution < 1.29 is 4.79 Å². The number of hydrogen-bond acceptors (Lipinski definition) is 4. The second kappa shape index (κ2) is 7.13. The van der Waals surface area contributed by atoms with Gasteiger partial charge in [0.05, 0.1) is 18.3 Å². The molecule has 1 unspecified atom stereocenters. The Morgan fingerprint density at radius 2 is 2.23 bits per heavy atom. The van der Waals surface area contributed by atoms with E-state index in [1.165, 1.54) is 5.39 Å². The van der Waals surface area contributed by atoms with Gasteiger partial charge < -0.3 is 9.88 Å². The fourth-order valence-corrected chi connectivity index (χ4v) is 3.77. The van der Waals surface area contributed by atoms with E-state index in [9.17, 15) is 4.79 Å². The summed E-state index contributed by atoms with van der Waals surface area (Å²) in [7, 11) is 0. The van der Waals surface area contributed by atoms with E-state index in [0.717, 1.165) is 22.6 Å². The molecule has 4 rings (SSSR count).